The van der Waals surface area contributed by atoms with Crippen LogP contribution in [0.3, 0.4) is 0 Å². The molecule has 2 rings (SSSR count). The molecule has 4 nitrogen and oxygen atoms in total. The average Bonchev–Trinajstić information content (AvgIpc) is 2.57. The molecule has 1 amide bonds. The summed E-state index contributed by atoms with van der Waals surface area (Å²) >= 11 is 0. The molecule has 0 radical (unpaired) electrons. The highest BCUT2D eigenvalue weighted by atomic mass is 16.6. The first kappa shape index (κ1) is 11.7. The van der Waals surface area contributed by atoms with E-state index < -0.39 is 5.60 Å². The lowest BCUT2D eigenvalue weighted by Crippen LogP contribution is -2.42. The van der Waals surface area contributed by atoms with Crippen molar-refractivity contribution >= 4 is 6.09 Å². The summed E-state index contributed by atoms with van der Waals surface area (Å²) in [6, 6.07) is 0.116. The normalized spacial score (nSPS) is 37.5. The van der Waals surface area contributed by atoms with Gasteiger partial charge in [-0.15, -0.1) is 0 Å². The minimum Gasteiger partial charge on any atom is -0.444 e. The average molecular weight is 227 g/mol. The second-order valence-electron chi connectivity index (χ2n) is 5.98. The van der Waals surface area contributed by atoms with Crippen LogP contribution < -0.4 is 5.32 Å². The topological polar surface area (TPSA) is 58.6 Å². The molecule has 0 spiro atoms. The Hall–Kier alpha value is -0.770. The lowest BCUT2D eigenvalue weighted by atomic mass is 9.98. The second kappa shape index (κ2) is 3.91. The van der Waals surface area contributed by atoms with Gasteiger partial charge in [-0.2, -0.15) is 0 Å². The smallest absolute Gasteiger partial charge is 0.407 e. The number of amides is 1. The molecule has 0 aliphatic heterocycles. The summed E-state index contributed by atoms with van der Waals surface area (Å²) in [4.78, 5) is 11.6. The van der Waals surface area contributed by atoms with Gasteiger partial charge in [0.05, 0.1) is 6.10 Å². The van der Waals surface area contributed by atoms with Gasteiger partial charge < -0.3 is 15.2 Å². The molecule has 2 aliphatic rings. The molecule has 2 fully saturated rings. The van der Waals surface area contributed by atoms with E-state index in [9.17, 15) is 9.90 Å². The van der Waals surface area contributed by atoms with Crippen molar-refractivity contribution in [2.24, 2.45) is 11.8 Å². The maximum absolute atomic E-state index is 11.6. The van der Waals surface area contributed by atoms with E-state index in [1.165, 1.54) is 0 Å². The van der Waals surface area contributed by atoms with Gasteiger partial charge in [-0.1, -0.05) is 0 Å². The number of alkyl carbamates (subject to hydrolysis) is 1. The number of nitrogens with one attached hydrogen (secondary N) is 1. The van der Waals surface area contributed by atoms with E-state index in [0.717, 1.165) is 19.3 Å². The highest BCUT2D eigenvalue weighted by Crippen LogP contribution is 2.44. The van der Waals surface area contributed by atoms with Gasteiger partial charge in [0, 0.05) is 12.0 Å². The van der Waals surface area contributed by atoms with Crippen molar-refractivity contribution in [2.75, 3.05) is 0 Å². The Balaban J connectivity index is 1.89. The molecule has 2 N–H and O–H groups in total. The quantitative estimate of drug-likeness (QED) is 0.716. The van der Waals surface area contributed by atoms with E-state index in [0.29, 0.717) is 5.92 Å². The summed E-state index contributed by atoms with van der Waals surface area (Å²) in [6.07, 6.45) is 2.36. The zero-order chi connectivity index (χ0) is 11.9. The van der Waals surface area contributed by atoms with Crippen LogP contribution in [0.2, 0.25) is 0 Å². The number of aliphatic hydroxyl groups excluding tert-OH is 1. The maximum atomic E-state index is 11.6. The number of rotatable bonds is 1. The fourth-order valence-corrected chi connectivity index (χ4v) is 2.96. The van der Waals surface area contributed by atoms with Gasteiger partial charge in [-0.3, -0.25) is 0 Å². The number of ether oxygens (including phenoxy) is 1. The van der Waals surface area contributed by atoms with Crippen LogP contribution in [0.15, 0.2) is 0 Å². The third-order valence-corrected chi connectivity index (χ3v) is 3.56. The van der Waals surface area contributed by atoms with Crippen LogP contribution in [-0.4, -0.2) is 28.9 Å². The van der Waals surface area contributed by atoms with Crippen molar-refractivity contribution in [3.05, 3.63) is 0 Å². The van der Waals surface area contributed by atoms with E-state index in [1.807, 2.05) is 20.8 Å². The predicted molar refractivity (Wildman–Crippen MR) is 60.0 cm³/mol. The van der Waals surface area contributed by atoms with Gasteiger partial charge in [0.2, 0.25) is 0 Å². The first-order chi connectivity index (χ1) is 7.37. The van der Waals surface area contributed by atoms with Gasteiger partial charge >= 0.3 is 6.09 Å². The van der Waals surface area contributed by atoms with Crippen LogP contribution in [0.25, 0.3) is 0 Å². The van der Waals surface area contributed by atoms with Gasteiger partial charge in [0.1, 0.15) is 5.60 Å². The van der Waals surface area contributed by atoms with E-state index in [-0.39, 0.29) is 24.2 Å². The fraction of sp³-hybridized carbons (Fsp3) is 0.917. The number of carbonyl (C=O) groups is 1. The van der Waals surface area contributed by atoms with Crippen LogP contribution in [0, 0.1) is 11.8 Å². The molecule has 2 bridgehead atoms. The minimum atomic E-state index is -0.458. The zero-order valence-corrected chi connectivity index (χ0v) is 10.2. The Morgan fingerprint density at radius 3 is 2.50 bits per heavy atom. The molecule has 0 aromatic carbocycles. The first-order valence-electron chi connectivity index (χ1n) is 6.04. The standard InChI is InChI=1S/C12H21NO3/c1-12(2,3)16-11(15)13-10-7-4-5-8(10)9(14)6-7/h7-10,14H,4-6H2,1-3H3,(H,13,15). The van der Waals surface area contributed by atoms with E-state index in [4.69, 9.17) is 4.74 Å². The first-order valence-corrected chi connectivity index (χ1v) is 6.04. The summed E-state index contributed by atoms with van der Waals surface area (Å²) in [7, 11) is 0. The van der Waals surface area contributed by atoms with Crippen LogP contribution in [0.5, 0.6) is 0 Å². The van der Waals surface area contributed by atoms with Crippen molar-refractivity contribution in [3.63, 3.8) is 0 Å². The molecule has 2 saturated carbocycles. The van der Waals surface area contributed by atoms with Crippen molar-refractivity contribution in [1.29, 1.82) is 0 Å². The Labute approximate surface area is 96.4 Å². The minimum absolute atomic E-state index is 0.116. The molecule has 0 aromatic rings. The molecular weight excluding hydrogens is 206 g/mol. The van der Waals surface area contributed by atoms with Gasteiger partial charge in [0.25, 0.3) is 0 Å². The van der Waals surface area contributed by atoms with Crippen LogP contribution in [0.4, 0.5) is 4.79 Å². The Morgan fingerprint density at radius 1 is 1.38 bits per heavy atom. The van der Waals surface area contributed by atoms with Crippen LogP contribution in [0.1, 0.15) is 40.0 Å². The number of hydrogen-bond acceptors (Lipinski definition) is 3. The predicted octanol–water partition coefficient (Wildman–Crippen LogP) is 1.67. The summed E-state index contributed by atoms with van der Waals surface area (Å²) in [5.41, 5.74) is -0.458. The van der Waals surface area contributed by atoms with Gasteiger partial charge in [-0.25, -0.2) is 4.79 Å². The largest absolute Gasteiger partial charge is 0.444 e. The van der Waals surface area contributed by atoms with Crippen molar-refractivity contribution in [1.82, 2.24) is 5.32 Å². The molecule has 4 heteroatoms. The lowest BCUT2D eigenvalue weighted by Gasteiger charge is -2.23. The summed E-state index contributed by atoms with van der Waals surface area (Å²) in [5, 5.41) is 12.6. The third kappa shape index (κ3) is 2.32. The maximum Gasteiger partial charge on any atom is 0.407 e. The highest BCUT2D eigenvalue weighted by Gasteiger charge is 2.48. The Morgan fingerprint density at radius 2 is 2.06 bits per heavy atom. The zero-order valence-electron chi connectivity index (χ0n) is 10.2. The SMILES string of the molecule is CC(C)(C)OC(=O)NC1C2CCC1C(O)C2. The number of fused-ring (bicyclic) bond motifs is 2. The monoisotopic (exact) mass is 227 g/mol. The molecule has 0 saturated heterocycles. The Bertz CT molecular complexity index is 284. The molecular formula is C12H21NO3. The molecule has 4 atom stereocenters. The Kier molecular flexibility index (Phi) is 2.86. The number of aliphatic hydroxyl groups is 1. The molecule has 0 aromatic heterocycles. The van der Waals surface area contributed by atoms with E-state index in [1.54, 1.807) is 0 Å². The molecule has 16 heavy (non-hydrogen) atoms. The summed E-state index contributed by atoms with van der Waals surface area (Å²) in [5.74, 6) is 0.671. The van der Waals surface area contributed by atoms with E-state index >= 15 is 0 Å². The van der Waals surface area contributed by atoms with Gasteiger partial charge in [0.15, 0.2) is 0 Å². The molecule has 92 valence electrons. The van der Waals surface area contributed by atoms with Gasteiger partial charge in [-0.05, 0) is 46.0 Å². The molecule has 2 aliphatic carbocycles. The van der Waals surface area contributed by atoms with Crippen LogP contribution >= 0.6 is 0 Å². The third-order valence-electron chi connectivity index (χ3n) is 3.56. The second-order valence-corrected chi connectivity index (χ2v) is 5.98. The van der Waals surface area contributed by atoms with Crippen LogP contribution in [-0.2, 0) is 4.74 Å². The molecule has 0 heterocycles. The van der Waals surface area contributed by atoms with E-state index in [2.05, 4.69) is 5.32 Å². The van der Waals surface area contributed by atoms with Crippen molar-refractivity contribution in [3.8, 4) is 0 Å². The summed E-state index contributed by atoms with van der Waals surface area (Å²) < 4.78 is 5.23. The number of carbonyl (C=O) groups excluding carboxylic acids is 1. The number of hydrogen-bond donors (Lipinski definition) is 2. The fourth-order valence-electron chi connectivity index (χ4n) is 2.96. The molecule has 4 unspecified atom stereocenters. The summed E-state index contributed by atoms with van der Waals surface area (Å²) in [6.45, 7) is 5.56. The van der Waals surface area contributed by atoms with Crippen molar-refractivity contribution in [2.45, 2.75) is 57.8 Å². The highest BCUT2D eigenvalue weighted by molar-refractivity contribution is 5.68. The van der Waals surface area contributed by atoms with Crippen molar-refractivity contribution < 1.29 is 14.6 Å². The lowest BCUT2D eigenvalue weighted by molar-refractivity contribution is 0.0479.